The summed E-state index contributed by atoms with van der Waals surface area (Å²) in [5.41, 5.74) is 1.36. The Morgan fingerprint density at radius 1 is 1.29 bits per heavy atom. The lowest BCUT2D eigenvalue weighted by molar-refractivity contribution is 0.414. The van der Waals surface area contributed by atoms with Crippen LogP contribution in [0, 0.1) is 0 Å². The fraction of sp³-hybridized carbons (Fsp3) is 0.571. The largest absolute Gasteiger partial charge is 0.497 e. The van der Waals surface area contributed by atoms with E-state index in [9.17, 15) is 0 Å². The summed E-state index contributed by atoms with van der Waals surface area (Å²) in [6.45, 7) is 3.35. The van der Waals surface area contributed by atoms with Crippen LogP contribution in [0.5, 0.6) is 5.75 Å². The lowest BCUT2D eigenvalue weighted by Gasteiger charge is -2.13. The summed E-state index contributed by atoms with van der Waals surface area (Å²) >= 11 is 1.91. The molecule has 2 nitrogen and oxygen atoms in total. The topological polar surface area (TPSA) is 21.3 Å². The highest BCUT2D eigenvalue weighted by Gasteiger charge is 2.02. The second-order valence-corrected chi connectivity index (χ2v) is 5.24. The summed E-state index contributed by atoms with van der Waals surface area (Å²) in [4.78, 5) is 0. The van der Waals surface area contributed by atoms with E-state index in [1.807, 2.05) is 23.9 Å². The van der Waals surface area contributed by atoms with Crippen LogP contribution in [0.3, 0.4) is 0 Å². The molecule has 0 spiro atoms. The predicted octanol–water partition coefficient (Wildman–Crippen LogP) is 2.97. The number of hydrogen-bond acceptors (Lipinski definition) is 3. The monoisotopic (exact) mass is 253 g/mol. The van der Waals surface area contributed by atoms with E-state index in [0.717, 1.165) is 18.7 Å². The zero-order valence-corrected chi connectivity index (χ0v) is 11.8. The van der Waals surface area contributed by atoms with Gasteiger partial charge in [0.15, 0.2) is 0 Å². The van der Waals surface area contributed by atoms with Crippen molar-refractivity contribution in [2.24, 2.45) is 0 Å². The number of ether oxygens (including phenoxy) is 1. The maximum atomic E-state index is 5.15. The number of rotatable bonds is 8. The van der Waals surface area contributed by atoms with E-state index >= 15 is 0 Å². The summed E-state index contributed by atoms with van der Waals surface area (Å²) < 4.78 is 5.15. The van der Waals surface area contributed by atoms with E-state index in [0.29, 0.717) is 6.04 Å². The van der Waals surface area contributed by atoms with Crippen molar-refractivity contribution in [2.75, 3.05) is 25.7 Å². The smallest absolute Gasteiger partial charge is 0.118 e. The zero-order valence-electron chi connectivity index (χ0n) is 11.0. The average Bonchev–Trinajstić information content (AvgIpc) is 2.36. The molecule has 96 valence electrons. The molecule has 0 aromatic heterocycles. The second kappa shape index (κ2) is 8.43. The van der Waals surface area contributed by atoms with Crippen molar-refractivity contribution in [3.8, 4) is 5.75 Å². The summed E-state index contributed by atoms with van der Waals surface area (Å²) in [7, 11) is 1.70. The molecule has 1 atom stereocenters. The van der Waals surface area contributed by atoms with Gasteiger partial charge in [0.05, 0.1) is 7.11 Å². The minimum absolute atomic E-state index is 0.533. The Hall–Kier alpha value is -0.670. The van der Waals surface area contributed by atoms with Crippen LogP contribution in [0.25, 0.3) is 0 Å². The van der Waals surface area contributed by atoms with Gasteiger partial charge in [0, 0.05) is 6.04 Å². The van der Waals surface area contributed by atoms with E-state index in [2.05, 4.69) is 30.6 Å². The molecule has 0 saturated carbocycles. The number of hydrogen-bond donors (Lipinski definition) is 1. The van der Waals surface area contributed by atoms with Crippen LogP contribution >= 0.6 is 11.8 Å². The Labute approximate surface area is 109 Å². The average molecular weight is 253 g/mol. The molecule has 0 aliphatic heterocycles. The van der Waals surface area contributed by atoms with E-state index < -0.39 is 0 Å². The van der Waals surface area contributed by atoms with Crippen molar-refractivity contribution in [3.05, 3.63) is 29.8 Å². The molecule has 1 aromatic carbocycles. The van der Waals surface area contributed by atoms with E-state index in [-0.39, 0.29) is 0 Å². The molecule has 0 radical (unpaired) electrons. The number of methoxy groups -OCH3 is 1. The van der Waals surface area contributed by atoms with Gasteiger partial charge >= 0.3 is 0 Å². The summed E-state index contributed by atoms with van der Waals surface area (Å²) in [6, 6.07) is 8.86. The van der Waals surface area contributed by atoms with Crippen LogP contribution in [-0.2, 0) is 6.42 Å². The Morgan fingerprint density at radius 2 is 2.00 bits per heavy atom. The summed E-state index contributed by atoms with van der Waals surface area (Å²) in [5.74, 6) is 2.16. The maximum Gasteiger partial charge on any atom is 0.118 e. The highest BCUT2D eigenvalue weighted by atomic mass is 32.2. The molecule has 0 aliphatic carbocycles. The Bertz CT molecular complexity index is 300. The van der Waals surface area contributed by atoms with Gasteiger partial charge in [0.2, 0.25) is 0 Å². The van der Waals surface area contributed by atoms with Crippen LogP contribution < -0.4 is 10.1 Å². The summed E-state index contributed by atoms with van der Waals surface area (Å²) in [6.07, 6.45) is 4.47. The minimum Gasteiger partial charge on any atom is -0.497 e. The molecule has 1 aromatic rings. The van der Waals surface area contributed by atoms with Gasteiger partial charge in [-0.25, -0.2) is 0 Å². The molecular weight excluding hydrogens is 230 g/mol. The van der Waals surface area contributed by atoms with Gasteiger partial charge in [-0.15, -0.1) is 0 Å². The third-order valence-corrected chi connectivity index (χ3v) is 3.42. The molecule has 0 amide bonds. The Kier molecular flexibility index (Phi) is 7.13. The molecule has 0 heterocycles. The van der Waals surface area contributed by atoms with Gasteiger partial charge in [0.1, 0.15) is 5.75 Å². The molecule has 0 fully saturated rings. The normalized spacial score (nSPS) is 12.4. The van der Waals surface area contributed by atoms with Gasteiger partial charge in [-0.05, 0) is 56.0 Å². The highest BCUT2D eigenvalue weighted by molar-refractivity contribution is 7.98. The molecule has 0 aliphatic rings. The van der Waals surface area contributed by atoms with Gasteiger partial charge in [-0.1, -0.05) is 12.1 Å². The first-order valence-corrected chi connectivity index (χ1v) is 7.51. The third-order valence-electron chi connectivity index (χ3n) is 2.72. The summed E-state index contributed by atoms with van der Waals surface area (Å²) in [5, 5.41) is 3.55. The van der Waals surface area contributed by atoms with Crippen molar-refractivity contribution in [2.45, 2.75) is 25.8 Å². The van der Waals surface area contributed by atoms with Crippen LogP contribution in [0.1, 0.15) is 18.9 Å². The maximum absolute atomic E-state index is 5.15. The van der Waals surface area contributed by atoms with E-state index in [1.165, 1.54) is 17.7 Å². The quantitative estimate of drug-likeness (QED) is 0.720. The molecule has 17 heavy (non-hydrogen) atoms. The van der Waals surface area contributed by atoms with Crippen molar-refractivity contribution in [1.82, 2.24) is 5.32 Å². The molecule has 3 heteroatoms. The highest BCUT2D eigenvalue weighted by Crippen LogP contribution is 2.12. The van der Waals surface area contributed by atoms with Gasteiger partial charge in [0.25, 0.3) is 0 Å². The molecule has 0 bridgehead atoms. The lowest BCUT2D eigenvalue weighted by Crippen LogP contribution is -2.29. The molecule has 0 saturated heterocycles. The predicted molar refractivity (Wildman–Crippen MR) is 77.2 cm³/mol. The fourth-order valence-corrected chi connectivity index (χ4v) is 2.19. The van der Waals surface area contributed by atoms with Crippen LogP contribution in [0.4, 0.5) is 0 Å². The van der Waals surface area contributed by atoms with Gasteiger partial charge < -0.3 is 10.1 Å². The lowest BCUT2D eigenvalue weighted by atomic mass is 10.1. The first-order valence-electron chi connectivity index (χ1n) is 6.11. The van der Waals surface area contributed by atoms with E-state index in [4.69, 9.17) is 4.74 Å². The standard InChI is InChI=1S/C14H23NOS/c1-12(15-9-4-10-17-3)11-13-5-7-14(16-2)8-6-13/h5-8,12,15H,4,9-11H2,1-3H3. The Morgan fingerprint density at radius 3 is 2.59 bits per heavy atom. The van der Waals surface area contributed by atoms with Gasteiger partial charge in [-0.3, -0.25) is 0 Å². The molecule has 1 N–H and O–H groups in total. The molecule has 1 rings (SSSR count). The number of thioether (sulfide) groups is 1. The number of benzene rings is 1. The first-order chi connectivity index (χ1) is 8.26. The van der Waals surface area contributed by atoms with Crippen molar-refractivity contribution >= 4 is 11.8 Å². The van der Waals surface area contributed by atoms with Crippen LogP contribution in [-0.4, -0.2) is 31.7 Å². The van der Waals surface area contributed by atoms with Crippen molar-refractivity contribution < 1.29 is 4.74 Å². The van der Waals surface area contributed by atoms with Crippen molar-refractivity contribution in [1.29, 1.82) is 0 Å². The number of nitrogens with one attached hydrogen (secondary N) is 1. The second-order valence-electron chi connectivity index (χ2n) is 4.25. The van der Waals surface area contributed by atoms with E-state index in [1.54, 1.807) is 7.11 Å². The van der Waals surface area contributed by atoms with Crippen molar-refractivity contribution in [3.63, 3.8) is 0 Å². The molecule has 1 unspecified atom stereocenters. The zero-order chi connectivity index (χ0) is 12.5. The van der Waals surface area contributed by atoms with Gasteiger partial charge in [-0.2, -0.15) is 11.8 Å². The fourth-order valence-electron chi connectivity index (χ4n) is 1.75. The first kappa shape index (κ1) is 14.4. The SMILES string of the molecule is COc1ccc(CC(C)NCCCSC)cc1. The Balaban J connectivity index is 2.26. The van der Waals surface area contributed by atoms with Crippen LogP contribution in [0.15, 0.2) is 24.3 Å². The third kappa shape index (κ3) is 5.99. The molecular formula is C14H23NOS. The van der Waals surface area contributed by atoms with Crippen LogP contribution in [0.2, 0.25) is 0 Å². The minimum atomic E-state index is 0.533.